The van der Waals surface area contributed by atoms with Gasteiger partial charge in [-0.1, -0.05) is 24.3 Å². The van der Waals surface area contributed by atoms with Crippen LogP contribution in [0.2, 0.25) is 0 Å². The standard InChI is InChI=1S/C18H24N4O3S/c1-21(2)10-14-11-22(26(3,24)25)12-16(14)20-18(23)17-15-7-5-4-6-13(15)8-9-19-17/h4-9,14,16H,10-12H2,1-3H3,(H,20,23)/t14-,16-/m1/s1. The molecule has 8 heteroatoms. The number of hydrogen-bond donors (Lipinski definition) is 1. The minimum Gasteiger partial charge on any atom is -0.346 e. The number of rotatable bonds is 5. The van der Waals surface area contributed by atoms with E-state index in [1.807, 2.05) is 49.3 Å². The van der Waals surface area contributed by atoms with Crippen molar-refractivity contribution in [3.8, 4) is 0 Å². The van der Waals surface area contributed by atoms with Gasteiger partial charge in [-0.15, -0.1) is 0 Å². The van der Waals surface area contributed by atoms with Gasteiger partial charge in [0.25, 0.3) is 5.91 Å². The summed E-state index contributed by atoms with van der Waals surface area (Å²) in [6, 6.07) is 9.20. The van der Waals surface area contributed by atoms with E-state index in [4.69, 9.17) is 0 Å². The van der Waals surface area contributed by atoms with E-state index in [0.29, 0.717) is 18.8 Å². The van der Waals surface area contributed by atoms with Gasteiger partial charge in [0.15, 0.2) is 0 Å². The molecule has 1 aromatic carbocycles. The van der Waals surface area contributed by atoms with Gasteiger partial charge >= 0.3 is 0 Å². The molecule has 0 aliphatic carbocycles. The third-order valence-corrected chi connectivity index (χ3v) is 5.92. The fourth-order valence-electron chi connectivity index (χ4n) is 3.46. The molecule has 1 saturated heterocycles. The van der Waals surface area contributed by atoms with Gasteiger partial charge in [-0.2, -0.15) is 4.31 Å². The summed E-state index contributed by atoms with van der Waals surface area (Å²) in [5, 5.41) is 4.74. The van der Waals surface area contributed by atoms with Crippen molar-refractivity contribution in [2.24, 2.45) is 5.92 Å². The zero-order valence-electron chi connectivity index (χ0n) is 15.2. The molecule has 2 aromatic rings. The summed E-state index contributed by atoms with van der Waals surface area (Å²) in [5.41, 5.74) is 0.365. The van der Waals surface area contributed by atoms with Crippen molar-refractivity contribution in [1.29, 1.82) is 0 Å². The molecule has 0 unspecified atom stereocenters. The van der Waals surface area contributed by atoms with Crippen LogP contribution in [0.1, 0.15) is 10.5 Å². The van der Waals surface area contributed by atoms with Crippen LogP contribution in [0.25, 0.3) is 10.8 Å². The van der Waals surface area contributed by atoms with Gasteiger partial charge in [0, 0.05) is 43.2 Å². The van der Waals surface area contributed by atoms with Crippen molar-refractivity contribution in [3.05, 3.63) is 42.2 Å². The van der Waals surface area contributed by atoms with Crippen LogP contribution in [0.4, 0.5) is 0 Å². The number of benzene rings is 1. The molecule has 26 heavy (non-hydrogen) atoms. The number of amides is 1. The molecular weight excluding hydrogens is 352 g/mol. The maximum absolute atomic E-state index is 12.8. The molecule has 140 valence electrons. The Morgan fingerprint density at radius 2 is 2.00 bits per heavy atom. The maximum Gasteiger partial charge on any atom is 0.270 e. The molecule has 1 aliphatic rings. The van der Waals surface area contributed by atoms with Crippen LogP contribution in [0.5, 0.6) is 0 Å². The number of carbonyl (C=O) groups excluding carboxylic acids is 1. The Morgan fingerprint density at radius 3 is 2.69 bits per heavy atom. The summed E-state index contributed by atoms with van der Waals surface area (Å²) in [6.45, 7) is 1.39. The van der Waals surface area contributed by atoms with Gasteiger partial charge in [-0.3, -0.25) is 9.78 Å². The molecule has 1 aromatic heterocycles. The monoisotopic (exact) mass is 376 g/mol. The number of nitrogens with zero attached hydrogens (tertiary/aromatic N) is 3. The molecular formula is C18H24N4O3S. The highest BCUT2D eigenvalue weighted by molar-refractivity contribution is 7.88. The highest BCUT2D eigenvalue weighted by Gasteiger charge is 2.38. The number of sulfonamides is 1. The van der Waals surface area contributed by atoms with Crippen molar-refractivity contribution < 1.29 is 13.2 Å². The molecule has 0 bridgehead atoms. The second kappa shape index (κ2) is 7.30. The molecule has 1 N–H and O–H groups in total. The van der Waals surface area contributed by atoms with Crippen LogP contribution in [0, 0.1) is 5.92 Å². The number of hydrogen-bond acceptors (Lipinski definition) is 5. The van der Waals surface area contributed by atoms with E-state index in [0.717, 1.165) is 10.8 Å². The van der Waals surface area contributed by atoms with Crippen LogP contribution in [-0.2, 0) is 10.0 Å². The predicted octanol–water partition coefficient (Wildman–Crippen LogP) is 0.786. The normalized spacial score (nSPS) is 21.4. The molecule has 0 radical (unpaired) electrons. The molecule has 7 nitrogen and oxygen atoms in total. The second-order valence-corrected chi connectivity index (χ2v) is 9.05. The van der Waals surface area contributed by atoms with Crippen molar-refractivity contribution in [3.63, 3.8) is 0 Å². The minimum atomic E-state index is -3.29. The summed E-state index contributed by atoms with van der Waals surface area (Å²) in [4.78, 5) is 19.1. The minimum absolute atomic E-state index is 0.0265. The lowest BCUT2D eigenvalue weighted by Gasteiger charge is -2.22. The van der Waals surface area contributed by atoms with Crippen LogP contribution in [0.15, 0.2) is 36.5 Å². The summed E-state index contributed by atoms with van der Waals surface area (Å²) >= 11 is 0. The Bertz CT molecular complexity index is 908. The second-order valence-electron chi connectivity index (χ2n) is 7.06. The van der Waals surface area contributed by atoms with Crippen LogP contribution in [0.3, 0.4) is 0 Å². The van der Waals surface area contributed by atoms with Crippen LogP contribution >= 0.6 is 0 Å². The lowest BCUT2D eigenvalue weighted by atomic mass is 10.0. The topological polar surface area (TPSA) is 82.6 Å². The molecule has 1 amide bonds. The van der Waals surface area contributed by atoms with E-state index < -0.39 is 10.0 Å². The first-order valence-corrected chi connectivity index (χ1v) is 10.3. The zero-order valence-corrected chi connectivity index (χ0v) is 16.0. The number of nitrogens with one attached hydrogen (secondary N) is 1. The predicted molar refractivity (Wildman–Crippen MR) is 101 cm³/mol. The summed E-state index contributed by atoms with van der Waals surface area (Å²) in [6.07, 6.45) is 2.82. The lowest BCUT2D eigenvalue weighted by Crippen LogP contribution is -2.43. The average Bonchev–Trinajstić information content (AvgIpc) is 2.96. The van der Waals surface area contributed by atoms with Crippen molar-refractivity contribution in [2.45, 2.75) is 6.04 Å². The van der Waals surface area contributed by atoms with Crippen molar-refractivity contribution in [2.75, 3.05) is 40.0 Å². The zero-order chi connectivity index (χ0) is 18.9. The third-order valence-electron chi connectivity index (χ3n) is 4.68. The fraction of sp³-hybridized carbons (Fsp3) is 0.444. The van der Waals surface area contributed by atoms with E-state index in [9.17, 15) is 13.2 Å². The first-order chi connectivity index (χ1) is 12.3. The fourth-order valence-corrected chi connectivity index (χ4v) is 4.35. The van der Waals surface area contributed by atoms with Gasteiger partial charge < -0.3 is 10.2 Å². The van der Waals surface area contributed by atoms with E-state index in [2.05, 4.69) is 10.3 Å². The highest BCUT2D eigenvalue weighted by atomic mass is 32.2. The molecule has 0 saturated carbocycles. The van der Waals surface area contributed by atoms with E-state index >= 15 is 0 Å². The van der Waals surface area contributed by atoms with Crippen molar-refractivity contribution >= 4 is 26.7 Å². The number of aromatic nitrogens is 1. The van der Waals surface area contributed by atoms with E-state index in [1.54, 1.807) is 6.20 Å². The Kier molecular flexibility index (Phi) is 5.27. The van der Waals surface area contributed by atoms with E-state index in [1.165, 1.54) is 10.6 Å². The first kappa shape index (κ1) is 18.8. The number of carbonyl (C=O) groups is 1. The Balaban J connectivity index is 1.84. The molecule has 0 spiro atoms. The first-order valence-electron chi connectivity index (χ1n) is 8.50. The van der Waals surface area contributed by atoms with Crippen LogP contribution in [-0.4, -0.2) is 74.5 Å². The molecule has 2 heterocycles. The van der Waals surface area contributed by atoms with E-state index in [-0.39, 0.29) is 24.4 Å². The Hall–Kier alpha value is -2.03. The Labute approximate surface area is 154 Å². The number of pyridine rings is 1. The highest BCUT2D eigenvalue weighted by Crippen LogP contribution is 2.22. The van der Waals surface area contributed by atoms with Crippen molar-refractivity contribution in [1.82, 2.24) is 19.5 Å². The van der Waals surface area contributed by atoms with Gasteiger partial charge in [0.1, 0.15) is 5.69 Å². The Morgan fingerprint density at radius 1 is 1.27 bits per heavy atom. The molecule has 3 rings (SSSR count). The smallest absolute Gasteiger partial charge is 0.270 e. The molecule has 2 atom stereocenters. The van der Waals surface area contributed by atoms with Gasteiger partial charge in [-0.25, -0.2) is 8.42 Å². The van der Waals surface area contributed by atoms with Gasteiger partial charge in [-0.05, 0) is 25.5 Å². The average molecular weight is 376 g/mol. The maximum atomic E-state index is 12.8. The van der Waals surface area contributed by atoms with Crippen LogP contribution < -0.4 is 5.32 Å². The summed E-state index contributed by atoms with van der Waals surface area (Å²) < 4.78 is 25.3. The lowest BCUT2D eigenvalue weighted by molar-refractivity contribution is 0.0924. The third kappa shape index (κ3) is 4.03. The SMILES string of the molecule is CN(C)C[C@@H]1CN(S(C)(=O)=O)C[C@H]1NC(=O)c1nccc2ccccc12. The molecule has 1 fully saturated rings. The molecule has 1 aliphatic heterocycles. The van der Waals surface area contributed by atoms with Gasteiger partial charge in [0.05, 0.1) is 6.26 Å². The van der Waals surface area contributed by atoms with Gasteiger partial charge in [0.2, 0.25) is 10.0 Å². The number of fused-ring (bicyclic) bond motifs is 1. The summed E-state index contributed by atoms with van der Waals surface area (Å²) in [7, 11) is 0.586. The largest absolute Gasteiger partial charge is 0.346 e. The summed E-state index contributed by atoms with van der Waals surface area (Å²) in [5.74, 6) is -0.246. The quantitative estimate of drug-likeness (QED) is 0.834.